The average Bonchev–Trinajstić information content (AvgIpc) is 2.49. The molecule has 4 nitrogen and oxygen atoms in total. The minimum atomic E-state index is -0.395. The van der Waals surface area contributed by atoms with E-state index in [1.807, 2.05) is 0 Å². The van der Waals surface area contributed by atoms with Crippen LogP contribution >= 0.6 is 0 Å². The maximum absolute atomic E-state index is 11.5. The standard InChI is InChI=1S/C17H35NO3/c1-2-3-4-5-6-7-8-9-10-11-12-13-14-17(21)18(15-19)16-20/h19-20H,2-16H2,1H3. The van der Waals surface area contributed by atoms with Crippen molar-refractivity contribution < 1.29 is 15.0 Å². The van der Waals surface area contributed by atoms with Crippen LogP contribution in [0.2, 0.25) is 0 Å². The van der Waals surface area contributed by atoms with Crippen LogP contribution in [-0.4, -0.2) is 34.5 Å². The number of carbonyl (C=O) groups is 1. The molecule has 4 heteroatoms. The highest BCUT2D eigenvalue weighted by atomic mass is 16.3. The maximum Gasteiger partial charge on any atom is 0.226 e. The fourth-order valence-electron chi connectivity index (χ4n) is 2.48. The minimum Gasteiger partial charge on any atom is -0.376 e. The lowest BCUT2D eigenvalue weighted by molar-refractivity contribution is -0.139. The van der Waals surface area contributed by atoms with E-state index in [0.717, 1.165) is 17.7 Å². The zero-order chi connectivity index (χ0) is 15.8. The summed E-state index contributed by atoms with van der Waals surface area (Å²) in [4.78, 5) is 12.5. The molecule has 0 unspecified atom stereocenters. The zero-order valence-corrected chi connectivity index (χ0v) is 13.9. The van der Waals surface area contributed by atoms with E-state index in [0.29, 0.717) is 6.42 Å². The van der Waals surface area contributed by atoms with Crippen LogP contribution < -0.4 is 0 Å². The van der Waals surface area contributed by atoms with Gasteiger partial charge in [0.25, 0.3) is 0 Å². The molecule has 0 saturated heterocycles. The summed E-state index contributed by atoms with van der Waals surface area (Å²) in [7, 11) is 0. The molecule has 0 fully saturated rings. The highest BCUT2D eigenvalue weighted by Crippen LogP contribution is 2.12. The maximum atomic E-state index is 11.5. The first kappa shape index (κ1) is 20.4. The molecule has 126 valence electrons. The first-order valence-corrected chi connectivity index (χ1v) is 8.75. The van der Waals surface area contributed by atoms with Crippen LogP contribution in [0.1, 0.15) is 90.4 Å². The summed E-state index contributed by atoms with van der Waals surface area (Å²) in [6.07, 6.45) is 15.7. The lowest BCUT2D eigenvalue weighted by Gasteiger charge is -2.16. The van der Waals surface area contributed by atoms with Gasteiger partial charge in [-0.15, -0.1) is 0 Å². The third-order valence-electron chi connectivity index (χ3n) is 3.94. The number of rotatable bonds is 15. The quantitative estimate of drug-likeness (QED) is 0.357. The van der Waals surface area contributed by atoms with Gasteiger partial charge in [0.2, 0.25) is 5.91 Å². The van der Waals surface area contributed by atoms with E-state index in [1.165, 1.54) is 64.2 Å². The molecule has 0 aromatic carbocycles. The van der Waals surface area contributed by atoms with Crippen LogP contribution in [-0.2, 0) is 4.79 Å². The van der Waals surface area contributed by atoms with E-state index in [2.05, 4.69) is 6.92 Å². The molecule has 21 heavy (non-hydrogen) atoms. The van der Waals surface area contributed by atoms with Gasteiger partial charge >= 0.3 is 0 Å². The van der Waals surface area contributed by atoms with Gasteiger partial charge in [-0.05, 0) is 6.42 Å². The molecule has 0 saturated carbocycles. The fraction of sp³-hybridized carbons (Fsp3) is 0.941. The Balaban J connectivity index is 3.20. The molecule has 0 radical (unpaired) electrons. The smallest absolute Gasteiger partial charge is 0.226 e. The summed E-state index contributed by atoms with van der Waals surface area (Å²) in [6, 6.07) is 0. The van der Waals surface area contributed by atoms with Gasteiger partial charge in [0.1, 0.15) is 13.5 Å². The van der Waals surface area contributed by atoms with Gasteiger partial charge in [0, 0.05) is 6.42 Å². The topological polar surface area (TPSA) is 60.8 Å². The number of unbranched alkanes of at least 4 members (excludes halogenated alkanes) is 11. The largest absolute Gasteiger partial charge is 0.376 e. The number of aliphatic hydroxyl groups is 2. The summed E-state index contributed by atoms with van der Waals surface area (Å²) < 4.78 is 0. The zero-order valence-electron chi connectivity index (χ0n) is 13.9. The third kappa shape index (κ3) is 12.8. The fourth-order valence-corrected chi connectivity index (χ4v) is 2.48. The lowest BCUT2D eigenvalue weighted by Crippen LogP contribution is -2.32. The Kier molecular flexibility index (Phi) is 15.3. The highest BCUT2D eigenvalue weighted by molar-refractivity contribution is 5.75. The summed E-state index contributed by atoms with van der Waals surface area (Å²) in [6.45, 7) is 1.46. The second-order valence-electron chi connectivity index (χ2n) is 5.86. The van der Waals surface area contributed by atoms with Crippen LogP contribution in [0, 0.1) is 0 Å². The molecule has 1 amide bonds. The number of aliphatic hydroxyl groups excluding tert-OH is 2. The van der Waals surface area contributed by atoms with Crippen molar-refractivity contribution in [1.29, 1.82) is 0 Å². The summed E-state index contributed by atoms with van der Waals surface area (Å²) in [5.41, 5.74) is 0. The molecule has 2 N–H and O–H groups in total. The molecular formula is C17H35NO3. The molecular weight excluding hydrogens is 266 g/mol. The summed E-state index contributed by atoms with van der Waals surface area (Å²) in [5.74, 6) is -0.160. The predicted octanol–water partition coefficient (Wildman–Crippen LogP) is 3.81. The molecule has 0 bridgehead atoms. The van der Waals surface area contributed by atoms with Gasteiger partial charge < -0.3 is 10.2 Å². The predicted molar refractivity (Wildman–Crippen MR) is 86.7 cm³/mol. The number of nitrogens with zero attached hydrogens (tertiary/aromatic N) is 1. The Hall–Kier alpha value is -0.610. The molecule has 0 rings (SSSR count). The third-order valence-corrected chi connectivity index (χ3v) is 3.94. The van der Waals surface area contributed by atoms with Crippen LogP contribution in [0.15, 0.2) is 0 Å². The Morgan fingerprint density at radius 1 is 0.714 bits per heavy atom. The molecule has 0 aliphatic heterocycles. The monoisotopic (exact) mass is 301 g/mol. The first-order chi connectivity index (χ1) is 10.3. The van der Waals surface area contributed by atoms with Gasteiger partial charge in [-0.25, -0.2) is 0 Å². The highest BCUT2D eigenvalue weighted by Gasteiger charge is 2.09. The lowest BCUT2D eigenvalue weighted by atomic mass is 10.0. The van der Waals surface area contributed by atoms with Gasteiger partial charge in [-0.1, -0.05) is 77.6 Å². The summed E-state index contributed by atoms with van der Waals surface area (Å²) >= 11 is 0. The second-order valence-corrected chi connectivity index (χ2v) is 5.86. The van der Waals surface area contributed by atoms with Crippen molar-refractivity contribution in [3.05, 3.63) is 0 Å². The van der Waals surface area contributed by atoms with Gasteiger partial charge in [-0.2, -0.15) is 0 Å². The van der Waals surface area contributed by atoms with E-state index in [1.54, 1.807) is 0 Å². The Morgan fingerprint density at radius 3 is 1.48 bits per heavy atom. The van der Waals surface area contributed by atoms with Crippen molar-refractivity contribution in [3.8, 4) is 0 Å². The Labute approximate surface area is 130 Å². The van der Waals surface area contributed by atoms with Crippen molar-refractivity contribution >= 4 is 5.91 Å². The van der Waals surface area contributed by atoms with Crippen LogP contribution in [0.25, 0.3) is 0 Å². The molecule has 0 atom stereocenters. The van der Waals surface area contributed by atoms with E-state index in [4.69, 9.17) is 10.2 Å². The van der Waals surface area contributed by atoms with E-state index >= 15 is 0 Å². The van der Waals surface area contributed by atoms with Crippen molar-refractivity contribution in [2.45, 2.75) is 90.4 Å². The van der Waals surface area contributed by atoms with Gasteiger partial charge in [0.05, 0.1) is 0 Å². The first-order valence-electron chi connectivity index (χ1n) is 8.75. The molecule has 0 aromatic heterocycles. The second kappa shape index (κ2) is 15.8. The van der Waals surface area contributed by atoms with Gasteiger partial charge in [0.15, 0.2) is 0 Å². The van der Waals surface area contributed by atoms with Crippen LogP contribution in [0.5, 0.6) is 0 Å². The van der Waals surface area contributed by atoms with Crippen molar-refractivity contribution in [3.63, 3.8) is 0 Å². The normalized spacial score (nSPS) is 10.8. The Bertz CT molecular complexity index is 230. The molecule has 0 heterocycles. The molecule has 0 aliphatic rings. The van der Waals surface area contributed by atoms with Crippen LogP contribution in [0.4, 0.5) is 0 Å². The van der Waals surface area contributed by atoms with E-state index in [9.17, 15) is 4.79 Å². The molecule has 0 aliphatic carbocycles. The van der Waals surface area contributed by atoms with Crippen molar-refractivity contribution in [2.75, 3.05) is 13.5 Å². The molecule has 0 spiro atoms. The number of hydrogen-bond donors (Lipinski definition) is 2. The van der Waals surface area contributed by atoms with E-state index in [-0.39, 0.29) is 5.91 Å². The van der Waals surface area contributed by atoms with Crippen molar-refractivity contribution in [1.82, 2.24) is 4.90 Å². The molecule has 0 aromatic rings. The minimum absolute atomic E-state index is 0.160. The SMILES string of the molecule is CCCCCCCCCCCCCCC(=O)N(CO)CO. The number of hydrogen-bond acceptors (Lipinski definition) is 3. The van der Waals surface area contributed by atoms with Crippen molar-refractivity contribution in [2.24, 2.45) is 0 Å². The van der Waals surface area contributed by atoms with Gasteiger partial charge in [-0.3, -0.25) is 9.69 Å². The summed E-state index contributed by atoms with van der Waals surface area (Å²) in [5, 5.41) is 17.7. The Morgan fingerprint density at radius 2 is 1.10 bits per heavy atom. The van der Waals surface area contributed by atoms with E-state index < -0.39 is 13.5 Å². The number of carbonyl (C=O) groups excluding carboxylic acids is 1. The number of amides is 1. The van der Waals surface area contributed by atoms with Crippen LogP contribution in [0.3, 0.4) is 0 Å². The average molecular weight is 301 g/mol.